The Morgan fingerprint density at radius 3 is 1.41 bits per heavy atom. The van der Waals surface area contributed by atoms with Crippen molar-refractivity contribution in [1.82, 2.24) is 0 Å². The van der Waals surface area contributed by atoms with Gasteiger partial charge in [-0.25, -0.2) is 9.59 Å². The third kappa shape index (κ3) is 16.2. The zero-order chi connectivity index (χ0) is 23.1. The van der Waals surface area contributed by atoms with Gasteiger partial charge in [-0.2, -0.15) is 0 Å². The highest BCUT2D eigenvalue weighted by atomic mass is 28.4. The lowest BCUT2D eigenvalue weighted by atomic mass is 10.4. The zero-order valence-corrected chi connectivity index (χ0v) is 21.5. The first-order chi connectivity index (χ1) is 13.3. The van der Waals surface area contributed by atoms with Gasteiger partial charge in [-0.3, -0.25) is 0 Å². The van der Waals surface area contributed by atoms with E-state index >= 15 is 0 Å². The lowest BCUT2D eigenvalue weighted by Gasteiger charge is -2.22. The van der Waals surface area contributed by atoms with Crippen LogP contribution in [0.2, 0.25) is 31.7 Å². The lowest BCUT2D eigenvalue weighted by Crippen LogP contribution is -2.36. The first kappa shape index (κ1) is 29.9. The molecule has 7 nitrogen and oxygen atoms in total. The van der Waals surface area contributed by atoms with E-state index in [-0.39, 0.29) is 11.9 Å². The molecule has 0 bridgehead atoms. The molecule has 0 aromatic heterocycles. The smallest absolute Gasteiger partial charge is 0.334 e. The van der Waals surface area contributed by atoms with E-state index in [2.05, 4.69) is 26.3 Å². The summed E-state index contributed by atoms with van der Waals surface area (Å²) < 4.78 is 25.9. The summed E-state index contributed by atoms with van der Waals surface area (Å²) in [5.74, 6) is -0.643. The second-order valence-electron chi connectivity index (χ2n) is 7.55. The van der Waals surface area contributed by atoms with Crippen molar-refractivity contribution < 1.29 is 32.3 Å². The highest BCUT2D eigenvalue weighted by molar-refractivity contribution is 6.71. The van der Waals surface area contributed by atoms with Gasteiger partial charge in [0.15, 0.2) is 8.32 Å². The molecule has 9 heteroatoms. The van der Waals surface area contributed by atoms with Gasteiger partial charge in [-0.1, -0.05) is 13.2 Å². The van der Waals surface area contributed by atoms with Crippen molar-refractivity contribution in [3.63, 3.8) is 0 Å². The second kappa shape index (κ2) is 15.6. The van der Waals surface area contributed by atoms with E-state index in [1.54, 1.807) is 35.2 Å². The SMILES string of the molecule is C=C(C)C(=O)OCCC[Si](C)(C)OC.C=C(C)C(=O)OCCC[Si](C)(OC)OC. The number of rotatable bonds is 13. The number of ether oxygens (including phenoxy) is 2. The number of esters is 2. The molecule has 0 fully saturated rings. The summed E-state index contributed by atoms with van der Waals surface area (Å²) in [5.41, 5.74) is 0.877. The van der Waals surface area contributed by atoms with Gasteiger partial charge in [-0.05, 0) is 58.4 Å². The van der Waals surface area contributed by atoms with Gasteiger partial charge in [0.1, 0.15) is 0 Å². The van der Waals surface area contributed by atoms with Crippen LogP contribution in [0.4, 0.5) is 0 Å². The fraction of sp³-hybridized carbons (Fsp3) is 0.700. The molecule has 0 aliphatic rings. The van der Waals surface area contributed by atoms with Gasteiger partial charge >= 0.3 is 20.5 Å². The standard InChI is InChI=1S/C10H20O4Si.C10H20O3Si/c1-9(2)10(11)14-7-6-8-15(5,12-3)13-4;1-9(2)10(11)13-7-6-8-14(4,5)12-3/h1,6-8H2,2-5H3;1,6-8H2,2-5H3. The maximum Gasteiger partial charge on any atom is 0.334 e. The summed E-state index contributed by atoms with van der Waals surface area (Å²) in [4.78, 5) is 22.0. The monoisotopic (exact) mass is 448 g/mol. The van der Waals surface area contributed by atoms with Crippen LogP contribution in [0.5, 0.6) is 0 Å². The van der Waals surface area contributed by atoms with Crippen molar-refractivity contribution in [2.75, 3.05) is 34.5 Å². The van der Waals surface area contributed by atoms with Crippen molar-refractivity contribution in [3.05, 3.63) is 24.3 Å². The summed E-state index contributed by atoms with van der Waals surface area (Å²) in [5, 5.41) is 0. The van der Waals surface area contributed by atoms with E-state index in [0.29, 0.717) is 24.4 Å². The molecule has 0 aromatic rings. The Labute approximate surface area is 178 Å². The number of carbonyl (C=O) groups excluding carboxylic acids is 2. The van der Waals surface area contributed by atoms with Crippen LogP contribution >= 0.6 is 0 Å². The molecule has 0 spiro atoms. The van der Waals surface area contributed by atoms with Crippen molar-refractivity contribution in [1.29, 1.82) is 0 Å². The normalized spacial score (nSPS) is 11.2. The summed E-state index contributed by atoms with van der Waals surface area (Å²) >= 11 is 0. The van der Waals surface area contributed by atoms with E-state index in [0.717, 1.165) is 24.9 Å². The molecule has 0 aliphatic heterocycles. The fourth-order valence-electron chi connectivity index (χ4n) is 1.86. The van der Waals surface area contributed by atoms with E-state index in [1.807, 2.05) is 6.55 Å². The number of hydrogen-bond acceptors (Lipinski definition) is 7. The van der Waals surface area contributed by atoms with E-state index in [4.69, 9.17) is 22.8 Å². The minimum absolute atomic E-state index is 0.304. The van der Waals surface area contributed by atoms with E-state index in [9.17, 15) is 9.59 Å². The van der Waals surface area contributed by atoms with Crippen LogP contribution in [-0.4, -0.2) is 63.4 Å². The first-order valence-electron chi connectivity index (χ1n) is 9.65. The molecule has 0 aromatic carbocycles. The molecule has 0 amide bonds. The van der Waals surface area contributed by atoms with Gasteiger partial charge in [-0.15, -0.1) is 0 Å². The predicted molar refractivity (Wildman–Crippen MR) is 121 cm³/mol. The third-order valence-corrected chi connectivity index (χ3v) is 9.93. The van der Waals surface area contributed by atoms with Crippen molar-refractivity contribution in [3.8, 4) is 0 Å². The van der Waals surface area contributed by atoms with E-state index in [1.165, 1.54) is 0 Å². The largest absolute Gasteiger partial charge is 0.462 e. The molecular formula is C20H40O7Si2. The number of carbonyl (C=O) groups is 2. The molecular weight excluding hydrogens is 408 g/mol. The Hall–Kier alpha value is -1.27. The first-order valence-corrected chi connectivity index (χ1v) is 15.3. The van der Waals surface area contributed by atoms with Gasteiger partial charge in [0.05, 0.1) is 13.2 Å². The Morgan fingerprint density at radius 1 is 0.724 bits per heavy atom. The van der Waals surface area contributed by atoms with Crippen LogP contribution in [0.25, 0.3) is 0 Å². The molecule has 0 atom stereocenters. The Bertz CT molecular complexity index is 529. The topological polar surface area (TPSA) is 80.3 Å². The maximum atomic E-state index is 11.0. The molecule has 29 heavy (non-hydrogen) atoms. The molecule has 0 heterocycles. The van der Waals surface area contributed by atoms with Crippen LogP contribution in [-0.2, 0) is 32.3 Å². The minimum Gasteiger partial charge on any atom is -0.462 e. The Kier molecular flexibility index (Phi) is 16.1. The third-order valence-electron chi connectivity index (χ3n) is 4.28. The molecule has 170 valence electrons. The minimum atomic E-state index is -2.01. The molecule has 0 saturated carbocycles. The molecule has 0 saturated heterocycles. The molecule has 0 unspecified atom stereocenters. The van der Waals surface area contributed by atoms with Crippen LogP contribution in [0.3, 0.4) is 0 Å². The van der Waals surface area contributed by atoms with E-state index < -0.39 is 16.9 Å². The van der Waals surface area contributed by atoms with Crippen molar-refractivity contribution in [2.45, 2.75) is 58.4 Å². The van der Waals surface area contributed by atoms with Gasteiger partial charge in [0.25, 0.3) is 0 Å². The summed E-state index contributed by atoms with van der Waals surface area (Å²) in [6, 6.07) is 1.82. The maximum absolute atomic E-state index is 11.0. The predicted octanol–water partition coefficient (Wildman–Crippen LogP) is 4.21. The van der Waals surface area contributed by atoms with Crippen LogP contribution in [0.15, 0.2) is 24.3 Å². The van der Waals surface area contributed by atoms with Crippen LogP contribution < -0.4 is 0 Å². The molecule has 0 aliphatic carbocycles. The van der Waals surface area contributed by atoms with Crippen LogP contribution in [0.1, 0.15) is 26.7 Å². The highest BCUT2D eigenvalue weighted by Gasteiger charge is 2.27. The Morgan fingerprint density at radius 2 is 1.10 bits per heavy atom. The van der Waals surface area contributed by atoms with Gasteiger partial charge in [0, 0.05) is 32.5 Å². The zero-order valence-electron chi connectivity index (χ0n) is 19.5. The van der Waals surface area contributed by atoms with Crippen molar-refractivity contribution in [2.24, 2.45) is 0 Å². The summed E-state index contributed by atoms with van der Waals surface area (Å²) in [6.07, 6.45) is 1.62. The second-order valence-corrected chi connectivity index (χ2v) is 15.6. The molecule has 0 N–H and O–H groups in total. The molecule has 0 radical (unpaired) electrons. The summed E-state index contributed by atoms with van der Waals surface area (Å²) in [7, 11) is 1.54. The summed E-state index contributed by atoms with van der Waals surface area (Å²) in [6.45, 7) is 17.4. The lowest BCUT2D eigenvalue weighted by molar-refractivity contribution is -0.139. The quantitative estimate of drug-likeness (QED) is 0.181. The molecule has 0 rings (SSSR count). The average Bonchev–Trinajstić information content (AvgIpc) is 2.68. The van der Waals surface area contributed by atoms with Crippen molar-refractivity contribution >= 4 is 28.8 Å². The van der Waals surface area contributed by atoms with Gasteiger partial charge < -0.3 is 22.8 Å². The Balaban J connectivity index is 0. The highest BCUT2D eigenvalue weighted by Crippen LogP contribution is 2.14. The van der Waals surface area contributed by atoms with Gasteiger partial charge in [0.2, 0.25) is 0 Å². The average molecular weight is 449 g/mol. The van der Waals surface area contributed by atoms with Crippen LogP contribution in [0, 0.1) is 0 Å². The number of hydrogen-bond donors (Lipinski definition) is 0. The fourth-order valence-corrected chi connectivity index (χ4v) is 4.42.